The van der Waals surface area contributed by atoms with Crippen LogP contribution in [0.25, 0.3) is 0 Å². The van der Waals surface area contributed by atoms with Crippen molar-refractivity contribution >= 4 is 11.8 Å². The summed E-state index contributed by atoms with van der Waals surface area (Å²) in [4.78, 5) is 22.0. The number of carbonyl (C=O) groups is 2. The molecule has 0 aliphatic rings. The molecule has 0 heterocycles. The van der Waals surface area contributed by atoms with E-state index in [1.807, 2.05) is 13.8 Å². The lowest BCUT2D eigenvalue weighted by molar-refractivity contribution is -0.146. The minimum absolute atomic E-state index is 0.0410. The molecule has 0 amide bonds. The van der Waals surface area contributed by atoms with E-state index in [-0.39, 0.29) is 11.7 Å². The zero-order valence-electron chi connectivity index (χ0n) is 9.41. The minimum Gasteiger partial charge on any atom is -0.481 e. The van der Waals surface area contributed by atoms with Crippen LogP contribution < -0.4 is 0 Å². The zero-order valence-corrected chi connectivity index (χ0v) is 9.41. The third-order valence-corrected chi connectivity index (χ3v) is 2.92. The van der Waals surface area contributed by atoms with Gasteiger partial charge in [-0.1, -0.05) is 27.2 Å². The molecule has 3 nitrogen and oxygen atoms in total. The Morgan fingerprint density at radius 1 is 1.29 bits per heavy atom. The highest BCUT2D eigenvalue weighted by molar-refractivity contribution is 5.84. The van der Waals surface area contributed by atoms with Crippen LogP contribution in [0, 0.1) is 17.8 Å². The Hall–Kier alpha value is -0.860. The first-order valence-electron chi connectivity index (χ1n) is 5.13. The molecule has 1 N–H and O–H groups in total. The van der Waals surface area contributed by atoms with Gasteiger partial charge in [0, 0.05) is 5.92 Å². The fraction of sp³-hybridized carbons (Fsp3) is 0.818. The van der Waals surface area contributed by atoms with Gasteiger partial charge in [-0.05, 0) is 19.3 Å². The van der Waals surface area contributed by atoms with Gasteiger partial charge in [0.15, 0.2) is 0 Å². The molecule has 0 saturated heterocycles. The van der Waals surface area contributed by atoms with Gasteiger partial charge in [0.05, 0.1) is 5.92 Å². The molecular formula is C11H20O3. The number of ketones is 1. The summed E-state index contributed by atoms with van der Waals surface area (Å²) in [5.41, 5.74) is 0. The van der Waals surface area contributed by atoms with Crippen molar-refractivity contribution in [2.45, 2.75) is 40.5 Å². The minimum atomic E-state index is -0.854. The van der Waals surface area contributed by atoms with Gasteiger partial charge in [0.1, 0.15) is 5.78 Å². The molecule has 0 aromatic carbocycles. The first kappa shape index (κ1) is 13.1. The molecule has 0 fully saturated rings. The lowest BCUT2D eigenvalue weighted by Crippen LogP contribution is -2.28. The Labute approximate surface area is 85.5 Å². The lowest BCUT2D eigenvalue weighted by atomic mass is 9.83. The molecule has 0 saturated carbocycles. The molecule has 0 rings (SSSR count). The van der Waals surface area contributed by atoms with Crippen LogP contribution in [-0.4, -0.2) is 16.9 Å². The van der Waals surface area contributed by atoms with E-state index in [1.54, 1.807) is 6.92 Å². The fourth-order valence-electron chi connectivity index (χ4n) is 1.40. The number of hydrogen-bond donors (Lipinski definition) is 1. The Morgan fingerprint density at radius 3 is 2.07 bits per heavy atom. The van der Waals surface area contributed by atoms with Crippen LogP contribution in [0.2, 0.25) is 0 Å². The molecule has 0 aliphatic carbocycles. The third kappa shape index (κ3) is 3.90. The third-order valence-electron chi connectivity index (χ3n) is 2.92. The van der Waals surface area contributed by atoms with E-state index in [4.69, 9.17) is 5.11 Å². The summed E-state index contributed by atoms with van der Waals surface area (Å²) < 4.78 is 0. The lowest BCUT2D eigenvalue weighted by Gasteiger charge is -2.20. The smallest absolute Gasteiger partial charge is 0.307 e. The van der Waals surface area contributed by atoms with E-state index in [0.29, 0.717) is 12.3 Å². The molecule has 0 spiro atoms. The maximum Gasteiger partial charge on any atom is 0.307 e. The van der Waals surface area contributed by atoms with Gasteiger partial charge in [-0.15, -0.1) is 0 Å². The maximum absolute atomic E-state index is 11.1. The highest BCUT2D eigenvalue weighted by Gasteiger charge is 2.28. The van der Waals surface area contributed by atoms with E-state index >= 15 is 0 Å². The number of carboxylic acids is 1. The molecule has 0 bridgehead atoms. The second kappa shape index (κ2) is 5.78. The molecule has 14 heavy (non-hydrogen) atoms. The van der Waals surface area contributed by atoms with Gasteiger partial charge in [0.2, 0.25) is 0 Å². The first-order chi connectivity index (χ1) is 6.40. The zero-order chi connectivity index (χ0) is 11.3. The van der Waals surface area contributed by atoms with Crippen LogP contribution in [0.15, 0.2) is 0 Å². The predicted octanol–water partition coefficient (Wildman–Crippen LogP) is 2.35. The van der Waals surface area contributed by atoms with E-state index in [1.165, 1.54) is 6.92 Å². The van der Waals surface area contributed by atoms with Crippen LogP contribution in [0.3, 0.4) is 0 Å². The summed E-state index contributed by atoms with van der Waals surface area (Å²) in [7, 11) is 0. The van der Waals surface area contributed by atoms with Crippen molar-refractivity contribution in [3.63, 3.8) is 0 Å². The van der Waals surface area contributed by atoms with Crippen molar-refractivity contribution in [2.24, 2.45) is 17.8 Å². The van der Waals surface area contributed by atoms with Gasteiger partial charge in [0.25, 0.3) is 0 Å². The summed E-state index contributed by atoms with van der Waals surface area (Å²) in [6.45, 7) is 7.20. The van der Waals surface area contributed by atoms with Gasteiger partial charge in [-0.3, -0.25) is 9.59 Å². The molecule has 0 aromatic heterocycles. The number of hydrogen-bond acceptors (Lipinski definition) is 2. The molecule has 3 unspecified atom stereocenters. The molecule has 0 radical (unpaired) electrons. The molecule has 82 valence electrons. The molecule has 3 atom stereocenters. The standard InChI is InChI=1S/C11H20O3/c1-5-7(2)6-10(11(13)14)8(3)9(4)12/h7-8,10H,5-6H2,1-4H3,(H,13,14). The molecule has 0 aromatic rings. The highest BCUT2D eigenvalue weighted by Crippen LogP contribution is 2.23. The van der Waals surface area contributed by atoms with Crippen molar-refractivity contribution < 1.29 is 14.7 Å². The molecule has 3 heteroatoms. The van der Waals surface area contributed by atoms with Crippen molar-refractivity contribution in [1.29, 1.82) is 0 Å². The fourth-order valence-corrected chi connectivity index (χ4v) is 1.40. The number of carboxylic acid groups (broad SMARTS) is 1. The average Bonchev–Trinajstić information content (AvgIpc) is 2.11. The van der Waals surface area contributed by atoms with Crippen molar-refractivity contribution in [1.82, 2.24) is 0 Å². The van der Waals surface area contributed by atoms with E-state index in [9.17, 15) is 9.59 Å². The Kier molecular flexibility index (Phi) is 5.43. The molecular weight excluding hydrogens is 180 g/mol. The van der Waals surface area contributed by atoms with E-state index in [2.05, 4.69) is 0 Å². The largest absolute Gasteiger partial charge is 0.481 e. The average molecular weight is 200 g/mol. The summed E-state index contributed by atoms with van der Waals surface area (Å²) in [6.07, 6.45) is 1.54. The second-order valence-electron chi connectivity index (χ2n) is 4.09. The van der Waals surface area contributed by atoms with Crippen LogP contribution in [0.1, 0.15) is 40.5 Å². The van der Waals surface area contributed by atoms with E-state index in [0.717, 1.165) is 6.42 Å². The Balaban J connectivity index is 4.44. The second-order valence-corrected chi connectivity index (χ2v) is 4.09. The highest BCUT2D eigenvalue weighted by atomic mass is 16.4. The van der Waals surface area contributed by atoms with Crippen LogP contribution >= 0.6 is 0 Å². The topological polar surface area (TPSA) is 54.4 Å². The first-order valence-corrected chi connectivity index (χ1v) is 5.13. The van der Waals surface area contributed by atoms with E-state index < -0.39 is 11.9 Å². The number of carbonyl (C=O) groups excluding carboxylic acids is 1. The monoisotopic (exact) mass is 200 g/mol. The normalized spacial score (nSPS) is 17.1. The number of rotatable bonds is 6. The van der Waals surface area contributed by atoms with Crippen molar-refractivity contribution in [3.8, 4) is 0 Å². The molecule has 0 aliphatic heterocycles. The van der Waals surface area contributed by atoms with Gasteiger partial charge in [-0.2, -0.15) is 0 Å². The van der Waals surface area contributed by atoms with Gasteiger partial charge >= 0.3 is 5.97 Å². The maximum atomic E-state index is 11.1. The Morgan fingerprint density at radius 2 is 1.79 bits per heavy atom. The van der Waals surface area contributed by atoms with Crippen LogP contribution in [-0.2, 0) is 9.59 Å². The summed E-state index contributed by atoms with van der Waals surface area (Å²) >= 11 is 0. The summed E-state index contributed by atoms with van der Waals surface area (Å²) in [6, 6.07) is 0. The summed E-state index contributed by atoms with van der Waals surface area (Å²) in [5.74, 6) is -1.43. The SMILES string of the molecule is CCC(C)CC(C(=O)O)C(C)C(C)=O. The van der Waals surface area contributed by atoms with Crippen LogP contribution in [0.5, 0.6) is 0 Å². The Bertz CT molecular complexity index is 211. The number of Topliss-reactive ketones (excluding diaryl/α,β-unsaturated/α-hetero) is 1. The summed E-state index contributed by atoms with van der Waals surface area (Å²) in [5, 5.41) is 8.98. The predicted molar refractivity (Wildman–Crippen MR) is 55.0 cm³/mol. The van der Waals surface area contributed by atoms with Gasteiger partial charge < -0.3 is 5.11 Å². The number of aliphatic carboxylic acids is 1. The quantitative estimate of drug-likeness (QED) is 0.716. The van der Waals surface area contributed by atoms with Crippen LogP contribution in [0.4, 0.5) is 0 Å². The van der Waals surface area contributed by atoms with Gasteiger partial charge in [-0.25, -0.2) is 0 Å². The van der Waals surface area contributed by atoms with Crippen molar-refractivity contribution in [2.75, 3.05) is 0 Å². The van der Waals surface area contributed by atoms with Crippen molar-refractivity contribution in [3.05, 3.63) is 0 Å².